The van der Waals surface area contributed by atoms with Crippen molar-refractivity contribution in [2.24, 2.45) is 0 Å². The van der Waals surface area contributed by atoms with Crippen molar-refractivity contribution in [3.8, 4) is 0 Å². The predicted octanol–water partition coefficient (Wildman–Crippen LogP) is 1.45. The largest absolute Gasteiger partial charge is 0.481 e. The van der Waals surface area contributed by atoms with Gasteiger partial charge in [-0.3, -0.25) is 9.69 Å². The maximum Gasteiger partial charge on any atom is 0.303 e. The number of hydrogen-bond donors (Lipinski definition) is 1. The number of likely N-dealkylation sites (N-methyl/N-ethyl adjacent to an activating group) is 1. The van der Waals surface area contributed by atoms with Crippen LogP contribution in [0, 0.1) is 0 Å². The van der Waals surface area contributed by atoms with E-state index < -0.39 is 5.97 Å². The van der Waals surface area contributed by atoms with Crippen LogP contribution in [0.3, 0.4) is 0 Å². The lowest BCUT2D eigenvalue weighted by Crippen LogP contribution is -2.43. The molecule has 1 N–H and O–H groups in total. The molecule has 4 heteroatoms. The van der Waals surface area contributed by atoms with Crippen LogP contribution in [0.1, 0.15) is 17.5 Å². The van der Waals surface area contributed by atoms with Gasteiger partial charge in [-0.15, -0.1) is 0 Å². The van der Waals surface area contributed by atoms with Gasteiger partial charge in [-0.05, 0) is 24.6 Å². The molecule has 1 heterocycles. The molecule has 19 heavy (non-hydrogen) atoms. The number of hydrogen-bond acceptors (Lipinski definition) is 3. The van der Waals surface area contributed by atoms with Crippen LogP contribution in [-0.4, -0.2) is 54.1 Å². The lowest BCUT2D eigenvalue weighted by atomic mass is 10.1. The minimum atomic E-state index is -0.735. The van der Waals surface area contributed by atoms with Gasteiger partial charge in [0.25, 0.3) is 0 Å². The van der Waals surface area contributed by atoms with Crippen LogP contribution in [0.5, 0.6) is 0 Å². The summed E-state index contributed by atoms with van der Waals surface area (Å²) in [4.78, 5) is 15.3. The number of aryl methyl sites for hydroxylation is 1. The van der Waals surface area contributed by atoms with E-state index in [1.165, 1.54) is 5.56 Å². The number of nitrogens with zero attached hydrogens (tertiary/aromatic N) is 2. The molecule has 0 radical (unpaired) electrons. The Morgan fingerprint density at radius 1 is 1.11 bits per heavy atom. The third-order valence-electron chi connectivity index (χ3n) is 3.65. The molecule has 1 aliphatic heterocycles. The average Bonchev–Trinajstić information content (AvgIpc) is 2.40. The van der Waals surface area contributed by atoms with Crippen molar-refractivity contribution in [1.29, 1.82) is 0 Å². The quantitative estimate of drug-likeness (QED) is 0.872. The van der Waals surface area contributed by atoms with E-state index >= 15 is 0 Å². The van der Waals surface area contributed by atoms with E-state index in [1.54, 1.807) is 0 Å². The highest BCUT2D eigenvalue weighted by Gasteiger charge is 2.13. The number of carboxylic acid groups (broad SMARTS) is 1. The molecule has 0 saturated carbocycles. The summed E-state index contributed by atoms with van der Waals surface area (Å²) in [5.74, 6) is -0.735. The van der Waals surface area contributed by atoms with Crippen LogP contribution >= 0.6 is 0 Å². The SMILES string of the molecule is CN1CCN(Cc2ccc(CCC(=O)O)cc2)CC1. The lowest BCUT2D eigenvalue weighted by molar-refractivity contribution is -0.136. The maximum atomic E-state index is 10.5. The van der Waals surface area contributed by atoms with Gasteiger partial charge in [0, 0.05) is 39.1 Å². The molecule has 4 nitrogen and oxygen atoms in total. The van der Waals surface area contributed by atoms with Crippen molar-refractivity contribution in [1.82, 2.24) is 9.80 Å². The van der Waals surface area contributed by atoms with Gasteiger partial charge in [0.1, 0.15) is 0 Å². The zero-order valence-electron chi connectivity index (χ0n) is 11.5. The zero-order chi connectivity index (χ0) is 13.7. The van der Waals surface area contributed by atoms with E-state index in [0.29, 0.717) is 6.42 Å². The molecule has 1 aromatic rings. The van der Waals surface area contributed by atoms with Crippen molar-refractivity contribution in [3.63, 3.8) is 0 Å². The lowest BCUT2D eigenvalue weighted by Gasteiger charge is -2.32. The molecule has 0 unspecified atom stereocenters. The van der Waals surface area contributed by atoms with Gasteiger partial charge in [-0.2, -0.15) is 0 Å². The van der Waals surface area contributed by atoms with Gasteiger partial charge in [0.05, 0.1) is 0 Å². The minimum Gasteiger partial charge on any atom is -0.481 e. The Morgan fingerprint density at radius 2 is 1.68 bits per heavy atom. The Kier molecular flexibility index (Phi) is 4.93. The molecule has 0 atom stereocenters. The van der Waals surface area contributed by atoms with E-state index in [9.17, 15) is 4.79 Å². The fourth-order valence-electron chi connectivity index (χ4n) is 2.33. The Balaban J connectivity index is 1.83. The summed E-state index contributed by atoms with van der Waals surface area (Å²) in [7, 11) is 2.16. The highest BCUT2D eigenvalue weighted by Crippen LogP contribution is 2.10. The molecule has 1 aromatic carbocycles. The Labute approximate surface area is 114 Å². The van der Waals surface area contributed by atoms with Gasteiger partial charge in [-0.25, -0.2) is 0 Å². The molecule has 0 aliphatic carbocycles. The highest BCUT2D eigenvalue weighted by atomic mass is 16.4. The standard InChI is InChI=1S/C15H22N2O2/c1-16-8-10-17(11-9-16)12-14-4-2-13(3-5-14)6-7-15(18)19/h2-5H,6-12H2,1H3,(H,18,19). The monoisotopic (exact) mass is 262 g/mol. The first-order valence-corrected chi connectivity index (χ1v) is 6.84. The first-order valence-electron chi connectivity index (χ1n) is 6.84. The van der Waals surface area contributed by atoms with E-state index in [0.717, 1.165) is 38.3 Å². The van der Waals surface area contributed by atoms with Crippen LogP contribution in [0.15, 0.2) is 24.3 Å². The molecule has 1 saturated heterocycles. The second-order valence-electron chi connectivity index (χ2n) is 5.29. The van der Waals surface area contributed by atoms with Crippen molar-refractivity contribution in [2.75, 3.05) is 33.2 Å². The van der Waals surface area contributed by atoms with Crippen molar-refractivity contribution in [3.05, 3.63) is 35.4 Å². The second-order valence-corrected chi connectivity index (χ2v) is 5.29. The van der Waals surface area contributed by atoms with Crippen molar-refractivity contribution in [2.45, 2.75) is 19.4 Å². The summed E-state index contributed by atoms with van der Waals surface area (Å²) >= 11 is 0. The summed E-state index contributed by atoms with van der Waals surface area (Å²) in [6, 6.07) is 8.34. The second kappa shape index (κ2) is 6.68. The molecule has 0 bridgehead atoms. The minimum absolute atomic E-state index is 0.206. The smallest absolute Gasteiger partial charge is 0.303 e. The predicted molar refractivity (Wildman–Crippen MR) is 75.2 cm³/mol. The van der Waals surface area contributed by atoms with Gasteiger partial charge in [0.15, 0.2) is 0 Å². The Morgan fingerprint density at radius 3 is 2.26 bits per heavy atom. The maximum absolute atomic E-state index is 10.5. The number of rotatable bonds is 5. The summed E-state index contributed by atoms with van der Waals surface area (Å²) in [6.07, 6.45) is 0.821. The Bertz CT molecular complexity index is 409. The summed E-state index contributed by atoms with van der Waals surface area (Å²) in [5.41, 5.74) is 2.41. The number of benzene rings is 1. The van der Waals surface area contributed by atoms with Crippen molar-refractivity contribution >= 4 is 5.97 Å². The van der Waals surface area contributed by atoms with Crippen LogP contribution in [0.25, 0.3) is 0 Å². The molecule has 1 fully saturated rings. The Hall–Kier alpha value is -1.39. The first-order chi connectivity index (χ1) is 9.13. The van der Waals surface area contributed by atoms with E-state index in [1.807, 2.05) is 12.1 Å². The van der Waals surface area contributed by atoms with Gasteiger partial charge >= 0.3 is 5.97 Å². The molecule has 0 spiro atoms. The fourth-order valence-corrected chi connectivity index (χ4v) is 2.33. The number of aliphatic carboxylic acids is 1. The van der Waals surface area contributed by atoms with E-state index in [-0.39, 0.29) is 6.42 Å². The van der Waals surface area contributed by atoms with E-state index in [2.05, 4.69) is 29.0 Å². The zero-order valence-corrected chi connectivity index (χ0v) is 11.5. The van der Waals surface area contributed by atoms with Gasteiger partial charge in [0.2, 0.25) is 0 Å². The van der Waals surface area contributed by atoms with Crippen LogP contribution in [-0.2, 0) is 17.8 Å². The third-order valence-corrected chi connectivity index (χ3v) is 3.65. The third kappa shape index (κ3) is 4.65. The van der Waals surface area contributed by atoms with Crippen molar-refractivity contribution < 1.29 is 9.90 Å². The average molecular weight is 262 g/mol. The molecule has 2 rings (SSSR count). The van der Waals surface area contributed by atoms with Crippen LogP contribution in [0.4, 0.5) is 0 Å². The molecular formula is C15H22N2O2. The molecule has 104 valence electrons. The number of carbonyl (C=O) groups is 1. The van der Waals surface area contributed by atoms with Crippen LogP contribution < -0.4 is 0 Å². The fraction of sp³-hybridized carbons (Fsp3) is 0.533. The summed E-state index contributed by atoms with van der Waals surface area (Å²) in [6.45, 7) is 5.51. The first kappa shape index (κ1) is 14.0. The number of piperazine rings is 1. The molecule has 0 amide bonds. The molecule has 0 aromatic heterocycles. The summed E-state index contributed by atoms with van der Waals surface area (Å²) < 4.78 is 0. The molecule has 1 aliphatic rings. The topological polar surface area (TPSA) is 43.8 Å². The number of carboxylic acids is 1. The van der Waals surface area contributed by atoms with Gasteiger partial charge in [-0.1, -0.05) is 24.3 Å². The van der Waals surface area contributed by atoms with Crippen LogP contribution in [0.2, 0.25) is 0 Å². The normalized spacial score (nSPS) is 17.5. The highest BCUT2D eigenvalue weighted by molar-refractivity contribution is 5.67. The summed E-state index contributed by atoms with van der Waals surface area (Å²) in [5, 5.41) is 8.66. The molecular weight excluding hydrogens is 240 g/mol. The van der Waals surface area contributed by atoms with Gasteiger partial charge < -0.3 is 10.0 Å². The van der Waals surface area contributed by atoms with E-state index in [4.69, 9.17) is 5.11 Å².